The molecular weight excluding hydrogens is 240 g/mol. The summed E-state index contributed by atoms with van der Waals surface area (Å²) in [5.41, 5.74) is 2.71. The zero-order valence-corrected chi connectivity index (χ0v) is 12.0. The molecule has 1 aliphatic carbocycles. The van der Waals surface area contributed by atoms with Gasteiger partial charge in [0.1, 0.15) is 11.3 Å². The van der Waals surface area contributed by atoms with E-state index in [0.29, 0.717) is 11.3 Å². The lowest BCUT2D eigenvalue weighted by molar-refractivity contribution is 0.0590. The van der Waals surface area contributed by atoms with Gasteiger partial charge >= 0.3 is 5.97 Å². The second-order valence-corrected chi connectivity index (χ2v) is 5.25. The maximum Gasteiger partial charge on any atom is 0.341 e. The van der Waals surface area contributed by atoms with Gasteiger partial charge in [-0.3, -0.25) is 0 Å². The minimum Gasteiger partial charge on any atom is -0.489 e. The predicted octanol–water partition coefficient (Wildman–Crippen LogP) is 3.80. The summed E-state index contributed by atoms with van der Waals surface area (Å²) >= 11 is 0. The van der Waals surface area contributed by atoms with Crippen molar-refractivity contribution in [2.75, 3.05) is 7.11 Å². The van der Waals surface area contributed by atoms with Crippen LogP contribution in [0.4, 0.5) is 0 Å². The minimum atomic E-state index is -0.325. The van der Waals surface area contributed by atoms with Crippen molar-refractivity contribution in [3.05, 3.63) is 28.8 Å². The zero-order chi connectivity index (χ0) is 13.8. The molecule has 0 spiro atoms. The summed E-state index contributed by atoms with van der Waals surface area (Å²) in [6, 6.07) is 3.74. The van der Waals surface area contributed by atoms with Crippen LogP contribution in [0.3, 0.4) is 0 Å². The molecule has 0 heterocycles. The second kappa shape index (κ2) is 6.09. The van der Waals surface area contributed by atoms with Crippen molar-refractivity contribution in [2.45, 2.75) is 52.1 Å². The van der Waals surface area contributed by atoms with E-state index in [2.05, 4.69) is 0 Å². The molecule has 1 aliphatic rings. The van der Waals surface area contributed by atoms with Crippen molar-refractivity contribution in [3.63, 3.8) is 0 Å². The number of hydrogen-bond donors (Lipinski definition) is 0. The lowest BCUT2D eigenvalue weighted by Gasteiger charge is -2.25. The molecule has 0 aliphatic heterocycles. The standard InChI is InChI=1S/C16H22O3/c1-11-9-10-14(16(17)18-3)15(12(11)2)19-13-7-5-4-6-8-13/h9-10,13H,4-8H2,1-3H3. The van der Waals surface area contributed by atoms with E-state index < -0.39 is 0 Å². The van der Waals surface area contributed by atoms with Gasteiger partial charge in [0.25, 0.3) is 0 Å². The highest BCUT2D eigenvalue weighted by atomic mass is 16.5. The smallest absolute Gasteiger partial charge is 0.341 e. The molecule has 104 valence electrons. The number of methoxy groups -OCH3 is 1. The Bertz CT molecular complexity index is 459. The average molecular weight is 262 g/mol. The Morgan fingerprint density at radius 3 is 2.47 bits per heavy atom. The number of rotatable bonds is 3. The first-order valence-electron chi connectivity index (χ1n) is 6.98. The normalized spacial score (nSPS) is 16.2. The molecule has 2 rings (SSSR count). The molecule has 0 saturated heterocycles. The Hall–Kier alpha value is -1.51. The molecule has 3 nitrogen and oxygen atoms in total. The predicted molar refractivity (Wildman–Crippen MR) is 74.8 cm³/mol. The highest BCUT2D eigenvalue weighted by Crippen LogP contribution is 2.31. The first-order chi connectivity index (χ1) is 9.13. The molecule has 19 heavy (non-hydrogen) atoms. The van der Waals surface area contributed by atoms with Gasteiger partial charge in [-0.25, -0.2) is 4.79 Å². The fourth-order valence-corrected chi connectivity index (χ4v) is 2.56. The lowest BCUT2D eigenvalue weighted by atomic mass is 9.97. The zero-order valence-electron chi connectivity index (χ0n) is 12.0. The maximum absolute atomic E-state index is 11.8. The Labute approximate surface area is 114 Å². The van der Waals surface area contributed by atoms with E-state index in [1.807, 2.05) is 19.9 Å². The summed E-state index contributed by atoms with van der Waals surface area (Å²) < 4.78 is 11.0. The molecule has 0 amide bonds. The largest absolute Gasteiger partial charge is 0.489 e. The summed E-state index contributed by atoms with van der Waals surface area (Å²) in [6.07, 6.45) is 6.10. The van der Waals surface area contributed by atoms with Crippen LogP contribution in [0.15, 0.2) is 12.1 Å². The van der Waals surface area contributed by atoms with E-state index in [1.54, 1.807) is 6.07 Å². The van der Waals surface area contributed by atoms with Gasteiger partial charge in [-0.15, -0.1) is 0 Å². The summed E-state index contributed by atoms with van der Waals surface area (Å²) in [7, 11) is 1.40. The Kier molecular flexibility index (Phi) is 4.46. The van der Waals surface area contributed by atoms with Gasteiger partial charge in [0.05, 0.1) is 13.2 Å². The Morgan fingerprint density at radius 2 is 1.84 bits per heavy atom. The van der Waals surface area contributed by atoms with E-state index in [4.69, 9.17) is 9.47 Å². The van der Waals surface area contributed by atoms with E-state index in [9.17, 15) is 4.79 Å². The first kappa shape index (κ1) is 13.9. The fraction of sp³-hybridized carbons (Fsp3) is 0.562. The molecule has 0 atom stereocenters. The second-order valence-electron chi connectivity index (χ2n) is 5.25. The number of carbonyl (C=O) groups excluding carboxylic acids is 1. The first-order valence-corrected chi connectivity index (χ1v) is 6.98. The summed E-state index contributed by atoms with van der Waals surface area (Å²) in [4.78, 5) is 11.8. The number of carbonyl (C=O) groups is 1. The number of benzene rings is 1. The maximum atomic E-state index is 11.8. The van der Waals surface area contributed by atoms with Crippen LogP contribution in [-0.2, 0) is 4.74 Å². The van der Waals surface area contributed by atoms with Gasteiger partial charge in [-0.1, -0.05) is 12.5 Å². The van der Waals surface area contributed by atoms with Crippen molar-refractivity contribution in [1.29, 1.82) is 0 Å². The SMILES string of the molecule is COC(=O)c1ccc(C)c(C)c1OC1CCCCC1. The molecule has 0 bridgehead atoms. The van der Waals surface area contributed by atoms with Crippen molar-refractivity contribution >= 4 is 5.97 Å². The molecule has 0 aromatic heterocycles. The molecule has 1 saturated carbocycles. The highest BCUT2D eigenvalue weighted by Gasteiger charge is 2.21. The average Bonchev–Trinajstić information content (AvgIpc) is 2.44. The van der Waals surface area contributed by atoms with Crippen LogP contribution in [0.5, 0.6) is 5.75 Å². The van der Waals surface area contributed by atoms with Crippen LogP contribution in [0.25, 0.3) is 0 Å². The van der Waals surface area contributed by atoms with Crippen molar-refractivity contribution in [3.8, 4) is 5.75 Å². The molecular formula is C16H22O3. The Morgan fingerprint density at radius 1 is 1.16 bits per heavy atom. The minimum absolute atomic E-state index is 0.234. The van der Waals surface area contributed by atoms with Crippen LogP contribution in [0.2, 0.25) is 0 Å². The van der Waals surface area contributed by atoms with Gasteiger partial charge in [0.2, 0.25) is 0 Å². The van der Waals surface area contributed by atoms with Gasteiger partial charge in [0, 0.05) is 0 Å². The number of aryl methyl sites for hydroxylation is 1. The van der Waals surface area contributed by atoms with Crippen LogP contribution < -0.4 is 4.74 Å². The molecule has 0 unspecified atom stereocenters. The molecule has 0 N–H and O–H groups in total. The summed E-state index contributed by atoms with van der Waals surface area (Å²) in [6.45, 7) is 4.03. The summed E-state index contributed by atoms with van der Waals surface area (Å²) in [5.74, 6) is 0.382. The quantitative estimate of drug-likeness (QED) is 0.777. The van der Waals surface area contributed by atoms with Gasteiger partial charge < -0.3 is 9.47 Å². The third kappa shape index (κ3) is 3.09. The van der Waals surface area contributed by atoms with E-state index in [1.165, 1.54) is 26.4 Å². The Balaban J connectivity index is 2.29. The molecule has 1 aromatic carbocycles. The topological polar surface area (TPSA) is 35.5 Å². The van der Waals surface area contributed by atoms with E-state index >= 15 is 0 Å². The number of ether oxygens (including phenoxy) is 2. The van der Waals surface area contributed by atoms with Crippen molar-refractivity contribution in [2.24, 2.45) is 0 Å². The van der Waals surface area contributed by atoms with Gasteiger partial charge in [-0.2, -0.15) is 0 Å². The van der Waals surface area contributed by atoms with E-state index in [0.717, 1.165) is 24.0 Å². The number of esters is 1. The lowest BCUT2D eigenvalue weighted by Crippen LogP contribution is -2.21. The van der Waals surface area contributed by atoms with Crippen molar-refractivity contribution in [1.82, 2.24) is 0 Å². The summed E-state index contributed by atoms with van der Waals surface area (Å²) in [5, 5.41) is 0. The number of hydrogen-bond acceptors (Lipinski definition) is 3. The third-order valence-corrected chi connectivity index (χ3v) is 3.92. The monoisotopic (exact) mass is 262 g/mol. The fourth-order valence-electron chi connectivity index (χ4n) is 2.56. The molecule has 3 heteroatoms. The van der Waals surface area contributed by atoms with Crippen LogP contribution in [0, 0.1) is 13.8 Å². The van der Waals surface area contributed by atoms with Crippen molar-refractivity contribution < 1.29 is 14.3 Å². The molecule has 1 fully saturated rings. The van der Waals surface area contributed by atoms with E-state index in [-0.39, 0.29) is 12.1 Å². The van der Waals surface area contributed by atoms with Crippen LogP contribution in [0.1, 0.15) is 53.6 Å². The third-order valence-electron chi connectivity index (χ3n) is 3.92. The molecule has 0 radical (unpaired) electrons. The van der Waals surface area contributed by atoms with Gasteiger partial charge in [0.15, 0.2) is 0 Å². The van der Waals surface area contributed by atoms with Crippen LogP contribution >= 0.6 is 0 Å². The van der Waals surface area contributed by atoms with Crippen LogP contribution in [-0.4, -0.2) is 19.2 Å². The van der Waals surface area contributed by atoms with Gasteiger partial charge in [-0.05, 0) is 56.7 Å². The molecule has 1 aromatic rings. The highest BCUT2D eigenvalue weighted by molar-refractivity contribution is 5.93.